The van der Waals surface area contributed by atoms with Crippen molar-refractivity contribution in [3.8, 4) is 5.75 Å². The molecule has 0 fully saturated rings. The van der Waals surface area contributed by atoms with E-state index in [0.717, 1.165) is 28.9 Å². The van der Waals surface area contributed by atoms with Crippen LogP contribution in [0.15, 0.2) is 73.1 Å². The lowest BCUT2D eigenvalue weighted by atomic mass is 10.1. The van der Waals surface area contributed by atoms with Crippen molar-refractivity contribution in [2.75, 3.05) is 12.5 Å². The average Bonchev–Trinajstić information content (AvgIpc) is 3.13. The van der Waals surface area contributed by atoms with Gasteiger partial charge in [0.05, 0.1) is 5.69 Å². The Bertz CT molecular complexity index is 957. The number of anilines is 1. The summed E-state index contributed by atoms with van der Waals surface area (Å²) in [6, 6.07) is 19.5. The van der Waals surface area contributed by atoms with Crippen molar-refractivity contribution in [2.45, 2.75) is 19.6 Å². The molecule has 2 heterocycles. The fourth-order valence-corrected chi connectivity index (χ4v) is 3.27. The molecule has 1 amide bonds. The van der Waals surface area contributed by atoms with Crippen LogP contribution in [0.4, 0.5) is 10.5 Å². The van der Waals surface area contributed by atoms with Crippen molar-refractivity contribution in [1.29, 1.82) is 0 Å². The summed E-state index contributed by atoms with van der Waals surface area (Å²) < 4.78 is 5.71. The molecule has 3 N–H and O–H groups in total. The lowest BCUT2D eigenvalue weighted by Crippen LogP contribution is -2.29. The van der Waals surface area contributed by atoms with Gasteiger partial charge in [0.1, 0.15) is 5.75 Å². The zero-order valence-corrected chi connectivity index (χ0v) is 17.4. The maximum Gasteiger partial charge on any atom is 0.415 e. The van der Waals surface area contributed by atoms with E-state index in [1.54, 1.807) is 24.3 Å². The molecule has 8 heteroatoms. The van der Waals surface area contributed by atoms with Crippen LogP contribution in [-0.4, -0.2) is 33.5 Å². The van der Waals surface area contributed by atoms with Crippen molar-refractivity contribution < 1.29 is 15.0 Å². The Morgan fingerprint density at radius 1 is 1.07 bits per heavy atom. The zero-order chi connectivity index (χ0) is 19.3. The fourth-order valence-electron chi connectivity index (χ4n) is 3.27. The van der Waals surface area contributed by atoms with Crippen LogP contribution in [0.2, 0.25) is 0 Å². The highest BCUT2D eigenvalue weighted by Crippen LogP contribution is 2.31. The molecule has 0 saturated carbocycles. The van der Waals surface area contributed by atoms with Crippen LogP contribution in [0, 0.1) is 0 Å². The summed E-state index contributed by atoms with van der Waals surface area (Å²) in [5, 5.41) is 2.09. The van der Waals surface area contributed by atoms with Crippen molar-refractivity contribution in [3.63, 3.8) is 0 Å². The second-order valence-corrected chi connectivity index (χ2v) is 6.81. The number of halogens is 1. The summed E-state index contributed by atoms with van der Waals surface area (Å²) in [5.74, 6) is 0.612. The molecule has 0 radical (unpaired) electrons. The Labute approximate surface area is 182 Å². The Hall–Kier alpha value is -3.13. The summed E-state index contributed by atoms with van der Waals surface area (Å²) in [5.41, 5.74) is 7.59. The molecule has 0 saturated heterocycles. The van der Waals surface area contributed by atoms with Gasteiger partial charge in [-0.2, -0.15) is 0 Å². The van der Waals surface area contributed by atoms with E-state index in [9.17, 15) is 4.79 Å². The first-order valence-corrected chi connectivity index (χ1v) is 9.18. The number of hydrazine groups is 1. The Kier molecular flexibility index (Phi) is 8.17. The molecule has 0 atom stereocenters. The highest BCUT2D eigenvalue weighted by molar-refractivity contribution is 5.85. The van der Waals surface area contributed by atoms with Gasteiger partial charge < -0.3 is 20.5 Å². The average molecular weight is 429 g/mol. The molecule has 158 valence electrons. The predicted octanol–water partition coefficient (Wildman–Crippen LogP) is 3.65. The van der Waals surface area contributed by atoms with Gasteiger partial charge in [-0.15, -0.1) is 12.4 Å². The summed E-state index contributed by atoms with van der Waals surface area (Å²) in [6.45, 7) is 1.90. The van der Waals surface area contributed by atoms with Crippen molar-refractivity contribution in [3.05, 3.63) is 89.7 Å². The number of aromatic nitrogens is 1. The number of carbonyl (C=O) groups excluding carboxylic acids is 1. The molecule has 4 rings (SSSR count). The number of ether oxygens (including phenoxy) is 1. The third kappa shape index (κ3) is 5.48. The molecule has 1 aliphatic heterocycles. The first kappa shape index (κ1) is 23.2. The van der Waals surface area contributed by atoms with E-state index in [4.69, 9.17) is 4.74 Å². The van der Waals surface area contributed by atoms with Gasteiger partial charge >= 0.3 is 6.09 Å². The number of hydrogen-bond donors (Lipinski definition) is 1. The van der Waals surface area contributed by atoms with E-state index >= 15 is 0 Å². The van der Waals surface area contributed by atoms with Crippen molar-refractivity contribution in [1.82, 2.24) is 14.9 Å². The molecule has 7 nitrogen and oxygen atoms in total. The summed E-state index contributed by atoms with van der Waals surface area (Å²) in [6.07, 6.45) is 3.14. The molecule has 0 unspecified atom stereocenters. The van der Waals surface area contributed by atoms with E-state index in [2.05, 4.69) is 21.5 Å². The smallest absolute Gasteiger partial charge is 0.412 e. The van der Waals surface area contributed by atoms with Gasteiger partial charge in [0.15, 0.2) is 0 Å². The number of nitrogens with one attached hydrogen (secondary N) is 1. The highest BCUT2D eigenvalue weighted by Gasteiger charge is 2.24. The van der Waals surface area contributed by atoms with Gasteiger partial charge in [-0.05, 0) is 29.3 Å². The molecule has 0 aliphatic carbocycles. The van der Waals surface area contributed by atoms with E-state index in [1.165, 1.54) is 0 Å². The number of pyridine rings is 1. The number of amides is 1. The number of rotatable bonds is 5. The maximum atomic E-state index is 12.6. The Morgan fingerprint density at radius 2 is 1.80 bits per heavy atom. The maximum absolute atomic E-state index is 12.6. The Balaban J connectivity index is 0.00000160. The highest BCUT2D eigenvalue weighted by atomic mass is 35.5. The van der Waals surface area contributed by atoms with Crippen LogP contribution in [0.25, 0.3) is 0 Å². The van der Waals surface area contributed by atoms with E-state index in [0.29, 0.717) is 18.8 Å². The topological polar surface area (TPSA) is 89.2 Å². The third-order valence-corrected chi connectivity index (χ3v) is 4.68. The van der Waals surface area contributed by atoms with Crippen LogP contribution in [0.1, 0.15) is 16.7 Å². The lowest BCUT2D eigenvalue weighted by Gasteiger charge is -2.19. The number of carbonyl (C=O) groups is 1. The molecule has 1 aliphatic rings. The minimum Gasteiger partial charge on any atom is -0.412 e. The molecule has 1 aromatic heterocycles. The number of nitrogens with zero attached hydrogens (tertiary/aromatic N) is 3. The monoisotopic (exact) mass is 428 g/mol. The van der Waals surface area contributed by atoms with Gasteiger partial charge in [-0.1, -0.05) is 42.5 Å². The normalized spacial score (nSPS) is 12.2. The minimum absolute atomic E-state index is 0. The van der Waals surface area contributed by atoms with E-state index in [1.807, 2.05) is 54.6 Å². The molecule has 30 heavy (non-hydrogen) atoms. The van der Waals surface area contributed by atoms with Gasteiger partial charge in [-0.3, -0.25) is 4.98 Å². The first-order chi connectivity index (χ1) is 13.7. The first-order valence-electron chi connectivity index (χ1n) is 9.18. The van der Waals surface area contributed by atoms with Crippen molar-refractivity contribution >= 4 is 24.2 Å². The lowest BCUT2D eigenvalue weighted by molar-refractivity contribution is 0.160. The summed E-state index contributed by atoms with van der Waals surface area (Å²) >= 11 is 0. The van der Waals surface area contributed by atoms with Crippen LogP contribution in [0.5, 0.6) is 5.75 Å². The zero-order valence-electron chi connectivity index (χ0n) is 16.6. The van der Waals surface area contributed by atoms with Gasteiger partial charge in [-0.25, -0.2) is 9.80 Å². The summed E-state index contributed by atoms with van der Waals surface area (Å²) in [7, 11) is 1.75. The molecule has 2 aromatic carbocycles. The largest absolute Gasteiger partial charge is 0.415 e. The van der Waals surface area contributed by atoms with E-state index in [-0.39, 0.29) is 24.0 Å². The second kappa shape index (κ2) is 10.6. The number of benzene rings is 2. The van der Waals surface area contributed by atoms with Gasteiger partial charge in [0.2, 0.25) is 0 Å². The van der Waals surface area contributed by atoms with Crippen LogP contribution < -0.4 is 10.2 Å². The van der Waals surface area contributed by atoms with Crippen LogP contribution >= 0.6 is 12.4 Å². The molecule has 0 bridgehead atoms. The predicted molar refractivity (Wildman–Crippen MR) is 118 cm³/mol. The van der Waals surface area contributed by atoms with E-state index < -0.39 is 0 Å². The molecular formula is C22H25ClN4O3. The SMILES string of the molecule is CN(Cc1ccccc1)C(=O)Oc1cccc2c1CN(Nc1ccncc1)C2.Cl.O. The summed E-state index contributed by atoms with van der Waals surface area (Å²) in [4.78, 5) is 18.2. The number of fused-ring (bicyclic) bond motifs is 1. The fraction of sp³-hybridized carbons (Fsp3) is 0.182. The van der Waals surface area contributed by atoms with Crippen molar-refractivity contribution in [2.24, 2.45) is 0 Å². The second-order valence-electron chi connectivity index (χ2n) is 6.81. The number of hydrogen-bond acceptors (Lipinski definition) is 5. The minimum atomic E-state index is -0.363. The van der Waals surface area contributed by atoms with Gasteiger partial charge in [0.25, 0.3) is 0 Å². The molecule has 3 aromatic rings. The van der Waals surface area contributed by atoms with Crippen LogP contribution in [-0.2, 0) is 19.6 Å². The van der Waals surface area contributed by atoms with Gasteiger partial charge in [0, 0.05) is 44.6 Å². The third-order valence-electron chi connectivity index (χ3n) is 4.68. The Morgan fingerprint density at radius 3 is 2.53 bits per heavy atom. The molecular weight excluding hydrogens is 404 g/mol. The van der Waals surface area contributed by atoms with Crippen LogP contribution in [0.3, 0.4) is 0 Å². The standard InChI is InChI=1S/C22H22N4O2.ClH.H2O/c1-25(14-17-6-3-2-4-7-17)22(27)28-21-9-5-8-18-15-26(16-20(18)21)24-19-10-12-23-13-11-19;;/h2-13H,14-16H2,1H3,(H,23,24);1H;1H2. The molecule has 0 spiro atoms. The quantitative estimate of drug-likeness (QED) is 0.669.